The Balaban J connectivity index is 2.32. The molecule has 0 spiro atoms. The molecule has 2 N–H and O–H groups in total. The van der Waals surface area contributed by atoms with Gasteiger partial charge in [-0.05, 0) is 35.9 Å². The third-order valence-electron chi connectivity index (χ3n) is 2.83. The first-order valence-corrected chi connectivity index (χ1v) is 7.84. The van der Waals surface area contributed by atoms with Gasteiger partial charge < -0.3 is 5.73 Å². The lowest BCUT2D eigenvalue weighted by atomic mass is 10.2. The summed E-state index contributed by atoms with van der Waals surface area (Å²) in [6.07, 6.45) is 0. The Hall–Kier alpha value is -2.12. The minimum Gasteiger partial charge on any atom is -0.399 e. The predicted molar refractivity (Wildman–Crippen MR) is 79.9 cm³/mol. The van der Waals surface area contributed by atoms with Crippen LogP contribution >= 0.6 is 11.6 Å². The summed E-state index contributed by atoms with van der Waals surface area (Å²) >= 11 is 5.90. The molecule has 0 aliphatic rings. The van der Waals surface area contributed by atoms with Crippen LogP contribution in [0.2, 0.25) is 5.02 Å². The number of rotatable bonds is 4. The Bertz CT molecular complexity index is 788. The highest BCUT2D eigenvalue weighted by atomic mass is 35.5. The third-order valence-corrected chi connectivity index (χ3v) is 4.87. The van der Waals surface area contributed by atoms with Gasteiger partial charge in [-0.3, -0.25) is 10.1 Å². The van der Waals surface area contributed by atoms with E-state index in [1.54, 1.807) is 0 Å². The van der Waals surface area contributed by atoms with E-state index < -0.39 is 14.8 Å². The van der Waals surface area contributed by atoms with E-state index >= 15 is 0 Å². The summed E-state index contributed by atoms with van der Waals surface area (Å²) in [5.74, 6) is -0.340. The average Bonchev–Trinajstić information content (AvgIpc) is 2.41. The number of halogens is 1. The lowest BCUT2D eigenvalue weighted by Crippen LogP contribution is -2.06. The van der Waals surface area contributed by atoms with Crippen molar-refractivity contribution < 1.29 is 13.3 Å². The smallest absolute Gasteiger partial charge is 0.270 e. The highest BCUT2D eigenvalue weighted by Crippen LogP contribution is 2.26. The van der Waals surface area contributed by atoms with Crippen LogP contribution in [0.25, 0.3) is 0 Å². The first-order valence-electron chi connectivity index (χ1n) is 5.81. The Morgan fingerprint density at radius 1 is 1.14 bits per heavy atom. The standard InChI is InChI=1S/C13H11ClN2O4S/c14-13-7-11(16(17)18)4-1-9(13)8-21(19,20)12-5-2-10(15)3-6-12/h1-7H,8,15H2. The maximum absolute atomic E-state index is 12.3. The van der Waals surface area contributed by atoms with Gasteiger partial charge in [-0.2, -0.15) is 0 Å². The number of hydrogen-bond acceptors (Lipinski definition) is 5. The van der Waals surface area contributed by atoms with E-state index in [0.29, 0.717) is 11.3 Å². The van der Waals surface area contributed by atoms with E-state index in [-0.39, 0.29) is 21.4 Å². The molecular weight excluding hydrogens is 316 g/mol. The maximum Gasteiger partial charge on any atom is 0.270 e. The Morgan fingerprint density at radius 3 is 2.29 bits per heavy atom. The normalized spacial score (nSPS) is 11.3. The number of non-ortho nitro benzene ring substituents is 1. The molecule has 0 radical (unpaired) electrons. The first kappa shape index (κ1) is 15.3. The molecule has 0 amide bonds. The van der Waals surface area contributed by atoms with Gasteiger partial charge in [0.2, 0.25) is 0 Å². The average molecular weight is 327 g/mol. The second kappa shape index (κ2) is 5.71. The molecule has 110 valence electrons. The van der Waals surface area contributed by atoms with Crippen molar-refractivity contribution in [2.24, 2.45) is 0 Å². The Kier molecular flexibility index (Phi) is 4.15. The molecule has 0 aromatic heterocycles. The molecule has 0 saturated carbocycles. The van der Waals surface area contributed by atoms with E-state index in [2.05, 4.69) is 0 Å². The predicted octanol–water partition coefficient (Wildman–Crippen LogP) is 2.80. The van der Waals surface area contributed by atoms with Crippen molar-refractivity contribution in [2.45, 2.75) is 10.6 Å². The molecule has 2 aromatic carbocycles. The van der Waals surface area contributed by atoms with Crippen LogP contribution in [0.5, 0.6) is 0 Å². The number of sulfone groups is 1. The van der Waals surface area contributed by atoms with Crippen molar-refractivity contribution in [1.29, 1.82) is 0 Å². The van der Waals surface area contributed by atoms with Crippen LogP contribution in [0.15, 0.2) is 47.4 Å². The zero-order valence-corrected chi connectivity index (χ0v) is 12.3. The SMILES string of the molecule is Nc1ccc(S(=O)(=O)Cc2ccc([N+](=O)[O-])cc2Cl)cc1. The molecule has 2 aromatic rings. The van der Waals surface area contributed by atoms with Crippen LogP contribution in [0.4, 0.5) is 11.4 Å². The van der Waals surface area contributed by atoms with E-state index in [1.165, 1.54) is 36.4 Å². The third kappa shape index (κ3) is 3.50. The number of nitrogens with zero attached hydrogens (tertiary/aromatic N) is 1. The van der Waals surface area contributed by atoms with Gasteiger partial charge in [0.15, 0.2) is 9.84 Å². The number of nitro benzene ring substituents is 1. The van der Waals surface area contributed by atoms with Gasteiger partial charge in [-0.15, -0.1) is 0 Å². The van der Waals surface area contributed by atoms with Crippen molar-refractivity contribution in [3.63, 3.8) is 0 Å². The lowest BCUT2D eigenvalue weighted by molar-refractivity contribution is -0.384. The van der Waals surface area contributed by atoms with Crippen LogP contribution in [-0.4, -0.2) is 13.3 Å². The number of nitro groups is 1. The summed E-state index contributed by atoms with van der Waals surface area (Å²) in [6.45, 7) is 0. The van der Waals surface area contributed by atoms with Crippen LogP contribution in [0.3, 0.4) is 0 Å². The van der Waals surface area contributed by atoms with Gasteiger partial charge in [-0.25, -0.2) is 8.42 Å². The molecule has 8 heteroatoms. The summed E-state index contributed by atoms with van der Waals surface area (Å²) < 4.78 is 24.5. The summed E-state index contributed by atoms with van der Waals surface area (Å²) in [5, 5.41) is 10.7. The number of nitrogen functional groups attached to an aromatic ring is 1. The first-order chi connectivity index (χ1) is 9.79. The summed E-state index contributed by atoms with van der Waals surface area (Å²) in [7, 11) is -3.60. The molecule has 0 aliphatic carbocycles. The number of benzene rings is 2. The van der Waals surface area contributed by atoms with Crippen molar-refractivity contribution in [3.8, 4) is 0 Å². The fourth-order valence-corrected chi connectivity index (χ4v) is 3.43. The monoisotopic (exact) mass is 326 g/mol. The summed E-state index contributed by atoms with van der Waals surface area (Å²) in [6, 6.07) is 9.49. The fraction of sp³-hybridized carbons (Fsp3) is 0.0769. The molecule has 2 rings (SSSR count). The molecule has 0 unspecified atom stereocenters. The highest BCUT2D eigenvalue weighted by Gasteiger charge is 2.18. The Labute approximate surface area is 126 Å². The fourth-order valence-electron chi connectivity index (χ4n) is 1.73. The van der Waals surface area contributed by atoms with E-state index in [0.717, 1.165) is 6.07 Å². The largest absolute Gasteiger partial charge is 0.399 e. The van der Waals surface area contributed by atoms with Crippen molar-refractivity contribution >= 4 is 32.8 Å². The lowest BCUT2D eigenvalue weighted by Gasteiger charge is -2.07. The van der Waals surface area contributed by atoms with Crippen LogP contribution in [0.1, 0.15) is 5.56 Å². The highest BCUT2D eigenvalue weighted by molar-refractivity contribution is 7.90. The molecule has 0 bridgehead atoms. The van der Waals surface area contributed by atoms with E-state index in [1.807, 2.05) is 0 Å². The molecule has 0 fully saturated rings. The van der Waals surface area contributed by atoms with Gasteiger partial charge >= 0.3 is 0 Å². The van der Waals surface area contributed by atoms with Crippen LogP contribution < -0.4 is 5.73 Å². The van der Waals surface area contributed by atoms with E-state index in [9.17, 15) is 18.5 Å². The number of nitrogens with two attached hydrogens (primary N) is 1. The second-order valence-corrected chi connectivity index (χ2v) is 6.76. The van der Waals surface area contributed by atoms with Gasteiger partial charge in [0.25, 0.3) is 5.69 Å². The van der Waals surface area contributed by atoms with Gasteiger partial charge in [0.1, 0.15) is 0 Å². The topological polar surface area (TPSA) is 103 Å². The zero-order chi connectivity index (χ0) is 15.6. The quantitative estimate of drug-likeness (QED) is 0.528. The van der Waals surface area contributed by atoms with E-state index in [4.69, 9.17) is 17.3 Å². The molecule has 0 heterocycles. The van der Waals surface area contributed by atoms with Crippen LogP contribution in [-0.2, 0) is 15.6 Å². The molecular formula is C13H11ClN2O4S. The van der Waals surface area contributed by atoms with Gasteiger partial charge in [-0.1, -0.05) is 11.6 Å². The molecule has 0 aliphatic heterocycles. The molecule has 6 nitrogen and oxygen atoms in total. The minimum absolute atomic E-state index is 0.0446. The number of hydrogen-bond donors (Lipinski definition) is 1. The Morgan fingerprint density at radius 2 is 1.76 bits per heavy atom. The maximum atomic E-state index is 12.3. The van der Waals surface area contributed by atoms with Gasteiger partial charge in [0.05, 0.1) is 20.6 Å². The minimum atomic E-state index is -3.60. The summed E-state index contributed by atoms with van der Waals surface area (Å²) in [5.41, 5.74) is 6.09. The molecule has 21 heavy (non-hydrogen) atoms. The zero-order valence-electron chi connectivity index (χ0n) is 10.7. The van der Waals surface area contributed by atoms with Crippen LogP contribution in [0, 0.1) is 10.1 Å². The molecule has 0 saturated heterocycles. The van der Waals surface area contributed by atoms with Crippen molar-refractivity contribution in [3.05, 3.63) is 63.2 Å². The van der Waals surface area contributed by atoms with Crippen molar-refractivity contribution in [1.82, 2.24) is 0 Å². The summed E-state index contributed by atoms with van der Waals surface area (Å²) in [4.78, 5) is 10.1. The van der Waals surface area contributed by atoms with Gasteiger partial charge in [0, 0.05) is 17.8 Å². The second-order valence-electron chi connectivity index (χ2n) is 4.36. The molecule has 0 atom stereocenters. The number of anilines is 1. The van der Waals surface area contributed by atoms with Crippen molar-refractivity contribution in [2.75, 3.05) is 5.73 Å².